The van der Waals surface area contributed by atoms with E-state index in [4.69, 9.17) is 4.42 Å². The second-order valence-corrected chi connectivity index (χ2v) is 11.0. The van der Waals surface area contributed by atoms with Gasteiger partial charge in [-0.25, -0.2) is 31.6 Å². The Morgan fingerprint density at radius 2 is 1.80 bits per heavy atom. The molecule has 1 saturated heterocycles. The van der Waals surface area contributed by atoms with Crippen molar-refractivity contribution in [2.75, 3.05) is 0 Å². The number of carbonyl (C=O) groups is 1. The summed E-state index contributed by atoms with van der Waals surface area (Å²) >= 11 is 0. The largest absolute Gasteiger partial charge is 0.451 e. The third kappa shape index (κ3) is 5.48. The number of halogens is 6. The number of hydrogen-bond donors (Lipinski definition) is 1. The normalized spacial score (nSPS) is 20.0. The van der Waals surface area contributed by atoms with E-state index in [1.54, 1.807) is 0 Å². The maximum absolute atomic E-state index is 14.7. The van der Waals surface area contributed by atoms with E-state index in [0.717, 1.165) is 42.9 Å². The smallest absolute Gasteiger partial charge is 0.443 e. The minimum absolute atomic E-state index is 0.00760. The number of nitrogens with one attached hydrogen (secondary N) is 1. The van der Waals surface area contributed by atoms with Crippen LogP contribution in [0.25, 0.3) is 22.2 Å². The maximum Gasteiger partial charge on any atom is 0.451 e. The van der Waals surface area contributed by atoms with Gasteiger partial charge in [0.25, 0.3) is 10.0 Å². The number of rotatable bonds is 6. The molecule has 216 valence electrons. The van der Waals surface area contributed by atoms with Crippen LogP contribution in [0.1, 0.15) is 24.7 Å². The molecule has 9 nitrogen and oxygen atoms in total. The van der Waals surface area contributed by atoms with Gasteiger partial charge >= 0.3 is 6.18 Å². The Bertz CT molecular complexity index is 1730. The molecule has 0 aliphatic carbocycles. The van der Waals surface area contributed by atoms with E-state index in [2.05, 4.69) is 20.3 Å². The molecule has 41 heavy (non-hydrogen) atoms. The summed E-state index contributed by atoms with van der Waals surface area (Å²) in [4.78, 5) is 23.4. The van der Waals surface area contributed by atoms with Gasteiger partial charge in [-0.1, -0.05) is 0 Å². The van der Waals surface area contributed by atoms with Crippen molar-refractivity contribution in [1.82, 2.24) is 24.6 Å². The summed E-state index contributed by atoms with van der Waals surface area (Å²) in [5.74, 6) is -3.81. The van der Waals surface area contributed by atoms with Crippen LogP contribution < -0.4 is 5.32 Å². The van der Waals surface area contributed by atoms with E-state index >= 15 is 0 Å². The number of pyridine rings is 1. The van der Waals surface area contributed by atoms with Crippen LogP contribution in [-0.4, -0.2) is 51.8 Å². The van der Waals surface area contributed by atoms with Crippen LogP contribution in [0.2, 0.25) is 0 Å². The average molecular weight is 600 g/mol. The van der Waals surface area contributed by atoms with Gasteiger partial charge in [-0.05, 0) is 31.2 Å². The van der Waals surface area contributed by atoms with E-state index in [0.29, 0.717) is 4.31 Å². The van der Waals surface area contributed by atoms with Gasteiger partial charge < -0.3 is 9.73 Å². The first-order chi connectivity index (χ1) is 19.3. The number of aromatic nitrogens is 3. The monoisotopic (exact) mass is 599 g/mol. The Hall–Kier alpha value is -4.05. The predicted octanol–water partition coefficient (Wildman–Crippen LogP) is 4.39. The number of hydrogen-bond acceptors (Lipinski definition) is 7. The predicted molar refractivity (Wildman–Crippen MR) is 130 cm³/mol. The lowest BCUT2D eigenvalue weighted by molar-refractivity contribution is -0.145. The Kier molecular flexibility index (Phi) is 7.23. The van der Waals surface area contributed by atoms with Crippen LogP contribution in [-0.2, 0) is 27.5 Å². The molecular weight excluding hydrogens is 580 g/mol. The molecule has 3 unspecified atom stereocenters. The van der Waals surface area contributed by atoms with Crippen molar-refractivity contribution >= 4 is 26.9 Å². The molecule has 0 radical (unpaired) electrons. The lowest BCUT2D eigenvalue weighted by Crippen LogP contribution is -2.48. The number of alkyl halides is 4. The number of sulfonamides is 1. The zero-order valence-corrected chi connectivity index (χ0v) is 21.7. The average Bonchev–Trinajstić information content (AvgIpc) is 3.48. The first-order valence-electron chi connectivity index (χ1n) is 11.9. The van der Waals surface area contributed by atoms with Crippen LogP contribution in [0.5, 0.6) is 0 Å². The van der Waals surface area contributed by atoms with Gasteiger partial charge in [0.1, 0.15) is 29.4 Å². The summed E-state index contributed by atoms with van der Waals surface area (Å²) in [5, 5.41) is 1.92. The van der Waals surface area contributed by atoms with Crippen LogP contribution in [0, 0.1) is 11.6 Å². The molecule has 1 N–H and O–H groups in total. The Morgan fingerprint density at radius 1 is 1.10 bits per heavy atom. The van der Waals surface area contributed by atoms with Gasteiger partial charge in [0, 0.05) is 47.9 Å². The first kappa shape index (κ1) is 28.5. The fourth-order valence-corrected chi connectivity index (χ4v) is 6.23. The molecule has 1 amide bonds. The van der Waals surface area contributed by atoms with Crippen LogP contribution in [0.15, 0.2) is 58.4 Å². The van der Waals surface area contributed by atoms with Gasteiger partial charge in [0.2, 0.25) is 16.8 Å². The standard InChI is InChI=1S/C25H19F6N5O4S/c1-12-17(27)7-20(36(12)41(38,39)22-6-13-4-16(26)2-3-21(13)40-22)23(37)33-8-14-5-19(32-11-18(14)28)15-9-34-24(35-10-15)25(29,30)31/h2-6,9-12,17,20H,7-8H2,1H3,(H,33,37). The maximum atomic E-state index is 14.7. The highest BCUT2D eigenvalue weighted by molar-refractivity contribution is 7.89. The SMILES string of the molecule is CC1C(F)CC(C(=O)NCc2cc(-c3cnc(C(F)(F)F)nc3)ncc2F)N1S(=O)(=O)c1cc2cc(F)ccc2o1. The third-order valence-corrected chi connectivity index (χ3v) is 8.41. The molecule has 0 spiro atoms. The van der Waals surface area contributed by atoms with Crippen molar-refractivity contribution in [2.45, 2.75) is 49.4 Å². The molecule has 1 aliphatic rings. The molecule has 5 rings (SSSR count). The van der Waals surface area contributed by atoms with Crippen molar-refractivity contribution < 1.29 is 44.0 Å². The summed E-state index contributed by atoms with van der Waals surface area (Å²) in [6.07, 6.45) is -4.47. The van der Waals surface area contributed by atoms with E-state index in [1.807, 2.05) is 0 Å². The molecule has 1 fully saturated rings. The molecule has 3 atom stereocenters. The second-order valence-electron chi connectivity index (χ2n) is 9.26. The van der Waals surface area contributed by atoms with Crippen molar-refractivity contribution in [3.05, 3.63) is 71.9 Å². The Labute approximate surface area is 228 Å². The highest BCUT2D eigenvalue weighted by Crippen LogP contribution is 2.35. The lowest BCUT2D eigenvalue weighted by atomic mass is 10.1. The lowest BCUT2D eigenvalue weighted by Gasteiger charge is -2.25. The molecule has 0 bridgehead atoms. The molecule has 16 heteroatoms. The number of carbonyl (C=O) groups excluding carboxylic acids is 1. The van der Waals surface area contributed by atoms with Crippen LogP contribution >= 0.6 is 0 Å². The number of amides is 1. The van der Waals surface area contributed by atoms with Gasteiger partial charge in [-0.15, -0.1) is 0 Å². The Balaban J connectivity index is 1.36. The van der Waals surface area contributed by atoms with E-state index in [-0.39, 0.29) is 27.8 Å². The minimum Gasteiger partial charge on any atom is -0.443 e. The third-order valence-electron chi connectivity index (χ3n) is 6.56. The number of furan rings is 1. The minimum atomic E-state index is -4.76. The summed E-state index contributed by atoms with van der Waals surface area (Å²) in [5.41, 5.74) is -0.0245. The molecule has 1 aromatic carbocycles. The summed E-state index contributed by atoms with van der Waals surface area (Å²) in [6.45, 7) is 0.792. The first-order valence-corrected chi connectivity index (χ1v) is 13.4. The van der Waals surface area contributed by atoms with E-state index in [9.17, 15) is 39.6 Å². The van der Waals surface area contributed by atoms with Gasteiger partial charge in [-0.2, -0.15) is 17.5 Å². The van der Waals surface area contributed by atoms with Gasteiger partial charge in [0.05, 0.1) is 17.9 Å². The zero-order chi connectivity index (χ0) is 29.7. The molecule has 4 aromatic rings. The second kappa shape index (κ2) is 10.4. The topological polar surface area (TPSA) is 118 Å². The molecule has 1 aliphatic heterocycles. The summed E-state index contributed by atoms with van der Waals surface area (Å²) in [7, 11) is -4.57. The quantitative estimate of drug-likeness (QED) is 0.327. The molecule has 3 aromatic heterocycles. The van der Waals surface area contributed by atoms with E-state index < -0.39 is 75.9 Å². The molecule has 4 heterocycles. The van der Waals surface area contributed by atoms with Gasteiger partial charge in [0.15, 0.2) is 0 Å². The van der Waals surface area contributed by atoms with Crippen molar-refractivity contribution in [2.24, 2.45) is 0 Å². The number of fused-ring (bicyclic) bond motifs is 1. The van der Waals surface area contributed by atoms with Crippen molar-refractivity contribution in [3.63, 3.8) is 0 Å². The number of nitrogens with zero attached hydrogens (tertiary/aromatic N) is 4. The number of benzene rings is 1. The Morgan fingerprint density at radius 3 is 2.49 bits per heavy atom. The fraction of sp³-hybridized carbons (Fsp3) is 0.280. The van der Waals surface area contributed by atoms with Gasteiger partial charge in [-0.3, -0.25) is 9.78 Å². The summed E-state index contributed by atoms with van der Waals surface area (Å²) < 4.78 is 114. The highest BCUT2D eigenvalue weighted by Gasteiger charge is 2.50. The van der Waals surface area contributed by atoms with Crippen molar-refractivity contribution in [1.29, 1.82) is 0 Å². The van der Waals surface area contributed by atoms with Crippen LogP contribution in [0.4, 0.5) is 26.3 Å². The zero-order valence-electron chi connectivity index (χ0n) is 20.9. The summed E-state index contributed by atoms with van der Waals surface area (Å²) in [6, 6.07) is 2.80. The van der Waals surface area contributed by atoms with E-state index in [1.165, 1.54) is 13.0 Å². The fourth-order valence-electron chi connectivity index (χ4n) is 4.47. The highest BCUT2D eigenvalue weighted by atomic mass is 32.2. The van der Waals surface area contributed by atoms with Crippen LogP contribution in [0.3, 0.4) is 0 Å². The van der Waals surface area contributed by atoms with Crippen molar-refractivity contribution in [3.8, 4) is 11.3 Å². The molecular formula is C25H19F6N5O4S. The molecule has 0 saturated carbocycles.